The summed E-state index contributed by atoms with van der Waals surface area (Å²) in [5.41, 5.74) is 2.70. The number of nitrogens with one attached hydrogen (secondary N) is 1. The average molecular weight is 348 g/mol. The minimum Gasteiger partial charge on any atom is -0.439 e. The highest BCUT2D eigenvalue weighted by molar-refractivity contribution is 7.92. The van der Waals surface area contributed by atoms with Crippen LogP contribution in [0.25, 0.3) is 0 Å². The Kier molecular flexibility index (Phi) is 5.23. The molecule has 1 amide bonds. The quantitative estimate of drug-likeness (QED) is 0.898. The van der Waals surface area contributed by atoms with E-state index in [1.54, 1.807) is 12.1 Å². The number of anilines is 1. The zero-order valence-corrected chi connectivity index (χ0v) is 14.8. The van der Waals surface area contributed by atoms with Crippen molar-refractivity contribution >= 4 is 21.4 Å². The van der Waals surface area contributed by atoms with Gasteiger partial charge in [-0.2, -0.15) is 0 Å². The number of hydrogen-bond acceptors (Lipinski definition) is 5. The van der Waals surface area contributed by atoms with Gasteiger partial charge in [-0.15, -0.1) is 0 Å². The lowest BCUT2D eigenvalue weighted by Gasteiger charge is -2.11. The molecule has 1 atom stereocenters. The summed E-state index contributed by atoms with van der Waals surface area (Å²) in [5, 5.41) is 1.40. The minimum absolute atomic E-state index is 0.382. The second-order valence-corrected chi connectivity index (χ2v) is 8.06. The number of hydrogen-bond donors (Lipinski definition) is 1. The first-order valence-electron chi connectivity index (χ1n) is 7.37. The van der Waals surface area contributed by atoms with Gasteiger partial charge in [0.05, 0.1) is 11.9 Å². The Morgan fingerprint density at radius 2 is 1.88 bits per heavy atom. The minimum atomic E-state index is -3.44. The smallest absolute Gasteiger partial charge is 0.242 e. The summed E-state index contributed by atoms with van der Waals surface area (Å²) in [7, 11) is -3.44. The van der Waals surface area contributed by atoms with Gasteiger partial charge in [-0.05, 0) is 50.1 Å². The molecular formula is C17H20N2O4S. The zero-order valence-electron chi connectivity index (χ0n) is 14.0. The molecule has 0 radical (unpaired) electrons. The Bertz CT molecular complexity index is 845. The second-order valence-electron chi connectivity index (χ2n) is 5.69. The first kappa shape index (κ1) is 17.9. The zero-order chi connectivity index (χ0) is 17.9. The van der Waals surface area contributed by atoms with Crippen LogP contribution in [0.1, 0.15) is 18.1 Å². The maximum Gasteiger partial charge on any atom is 0.242 e. The number of nitrogens with zero attached hydrogens (tertiary/aromatic N) is 1. The number of aromatic nitrogens is 1. The van der Waals surface area contributed by atoms with E-state index in [4.69, 9.17) is 4.74 Å². The Hall–Kier alpha value is -2.41. The Morgan fingerprint density at radius 3 is 2.42 bits per heavy atom. The molecule has 0 saturated carbocycles. The molecule has 0 aliphatic rings. The fourth-order valence-corrected chi connectivity index (χ4v) is 2.30. The van der Waals surface area contributed by atoms with E-state index in [9.17, 15) is 13.2 Å². The highest BCUT2D eigenvalue weighted by atomic mass is 32.2. The van der Waals surface area contributed by atoms with Crippen LogP contribution in [-0.2, 0) is 14.6 Å². The second kappa shape index (κ2) is 7.00. The summed E-state index contributed by atoms with van der Waals surface area (Å²) in [5.74, 6) is 0.461. The van der Waals surface area contributed by atoms with Crippen molar-refractivity contribution in [2.45, 2.75) is 26.0 Å². The summed E-state index contributed by atoms with van der Waals surface area (Å²) in [6, 6.07) is 8.95. The number of ether oxygens (including phenoxy) is 1. The summed E-state index contributed by atoms with van der Waals surface area (Å²) >= 11 is 0. The van der Waals surface area contributed by atoms with Crippen LogP contribution in [0.4, 0.5) is 5.69 Å². The number of aryl methyl sites for hydroxylation is 2. The van der Waals surface area contributed by atoms with E-state index in [1.807, 2.05) is 32.0 Å². The van der Waals surface area contributed by atoms with Gasteiger partial charge in [0.25, 0.3) is 0 Å². The van der Waals surface area contributed by atoms with Crippen molar-refractivity contribution in [2.24, 2.45) is 0 Å². The topological polar surface area (TPSA) is 85.4 Å². The predicted molar refractivity (Wildman–Crippen MR) is 93.2 cm³/mol. The highest BCUT2D eigenvalue weighted by Gasteiger charge is 2.23. The van der Waals surface area contributed by atoms with Gasteiger partial charge in [0, 0.05) is 12.3 Å². The number of carbonyl (C=O) groups is 1. The van der Waals surface area contributed by atoms with Crippen molar-refractivity contribution in [2.75, 3.05) is 11.6 Å². The number of benzene rings is 1. The summed E-state index contributed by atoms with van der Waals surface area (Å²) < 4.78 is 28.4. The number of amides is 1. The van der Waals surface area contributed by atoms with Crippen molar-refractivity contribution in [1.82, 2.24) is 4.98 Å². The molecule has 2 aromatic rings. The molecular weight excluding hydrogens is 328 g/mol. The average Bonchev–Trinajstić information content (AvgIpc) is 2.51. The normalized spacial score (nSPS) is 12.5. The van der Waals surface area contributed by atoms with E-state index >= 15 is 0 Å². The third-order valence-corrected chi connectivity index (χ3v) is 5.21. The number of pyridine rings is 1. The molecule has 7 heteroatoms. The monoisotopic (exact) mass is 348 g/mol. The lowest BCUT2D eigenvalue weighted by atomic mass is 10.1. The first-order chi connectivity index (χ1) is 11.2. The molecule has 1 aromatic carbocycles. The maximum atomic E-state index is 11.9. The Labute approximate surface area is 141 Å². The molecule has 1 aromatic heterocycles. The van der Waals surface area contributed by atoms with E-state index in [0.717, 1.165) is 11.8 Å². The van der Waals surface area contributed by atoms with E-state index in [-0.39, 0.29) is 0 Å². The molecule has 6 nitrogen and oxygen atoms in total. The molecule has 0 unspecified atom stereocenters. The van der Waals surface area contributed by atoms with Gasteiger partial charge in [0.2, 0.25) is 11.8 Å². The van der Waals surface area contributed by atoms with Gasteiger partial charge in [0.1, 0.15) is 11.0 Å². The van der Waals surface area contributed by atoms with Gasteiger partial charge in [-0.25, -0.2) is 13.4 Å². The van der Waals surface area contributed by atoms with Crippen molar-refractivity contribution in [3.63, 3.8) is 0 Å². The molecule has 0 bridgehead atoms. The molecule has 2 rings (SSSR count). The van der Waals surface area contributed by atoms with Crippen molar-refractivity contribution in [1.29, 1.82) is 0 Å². The Morgan fingerprint density at radius 1 is 1.17 bits per heavy atom. The Balaban J connectivity index is 2.05. The van der Waals surface area contributed by atoms with Gasteiger partial charge in [-0.3, -0.25) is 4.79 Å². The van der Waals surface area contributed by atoms with E-state index in [0.29, 0.717) is 17.3 Å². The maximum absolute atomic E-state index is 11.9. The fraction of sp³-hybridized carbons (Fsp3) is 0.294. The van der Waals surface area contributed by atoms with Crippen LogP contribution in [0, 0.1) is 13.8 Å². The van der Waals surface area contributed by atoms with Gasteiger partial charge < -0.3 is 10.1 Å². The molecule has 0 aliphatic carbocycles. The summed E-state index contributed by atoms with van der Waals surface area (Å²) in [6.45, 7) is 5.36. The molecule has 0 aliphatic heterocycles. The van der Waals surface area contributed by atoms with Crippen LogP contribution >= 0.6 is 0 Å². The standard InChI is InChI=1S/C17H20N2O4S/c1-11-5-7-15(9-12(11)2)23-16-8-6-14(10-18-16)19-17(20)13(3)24(4,21)22/h5-10,13H,1-4H3,(H,19,20)/t13-/m1/s1. The van der Waals surface area contributed by atoms with Crippen molar-refractivity contribution in [3.05, 3.63) is 47.7 Å². The van der Waals surface area contributed by atoms with E-state index in [2.05, 4.69) is 10.3 Å². The fourth-order valence-electron chi connectivity index (χ4n) is 1.85. The summed E-state index contributed by atoms with van der Waals surface area (Å²) in [6.07, 6.45) is 2.44. The molecule has 0 saturated heterocycles. The molecule has 0 fully saturated rings. The van der Waals surface area contributed by atoms with Crippen LogP contribution in [0.3, 0.4) is 0 Å². The van der Waals surface area contributed by atoms with Crippen molar-refractivity contribution < 1.29 is 17.9 Å². The van der Waals surface area contributed by atoms with Crippen LogP contribution in [-0.4, -0.2) is 30.8 Å². The summed E-state index contributed by atoms with van der Waals surface area (Å²) in [4.78, 5) is 16.0. The molecule has 128 valence electrons. The predicted octanol–water partition coefficient (Wildman–Crippen LogP) is 2.86. The number of sulfone groups is 1. The van der Waals surface area contributed by atoms with Crippen LogP contribution in [0.15, 0.2) is 36.5 Å². The van der Waals surface area contributed by atoms with Gasteiger partial charge in [0.15, 0.2) is 9.84 Å². The van der Waals surface area contributed by atoms with E-state index in [1.165, 1.54) is 18.7 Å². The van der Waals surface area contributed by atoms with Gasteiger partial charge in [-0.1, -0.05) is 6.07 Å². The molecule has 0 spiro atoms. The number of rotatable bonds is 5. The SMILES string of the molecule is Cc1ccc(Oc2ccc(NC(=O)[C@@H](C)S(C)(=O)=O)cn2)cc1C. The third-order valence-electron chi connectivity index (χ3n) is 3.72. The third kappa shape index (κ3) is 4.55. The van der Waals surface area contributed by atoms with Crippen molar-refractivity contribution in [3.8, 4) is 11.6 Å². The first-order valence-corrected chi connectivity index (χ1v) is 9.33. The largest absolute Gasteiger partial charge is 0.439 e. The lowest BCUT2D eigenvalue weighted by Crippen LogP contribution is -2.31. The van der Waals surface area contributed by atoms with Crippen LogP contribution in [0.2, 0.25) is 0 Å². The molecule has 1 heterocycles. The van der Waals surface area contributed by atoms with Crippen LogP contribution in [0.5, 0.6) is 11.6 Å². The molecule has 1 N–H and O–H groups in total. The highest BCUT2D eigenvalue weighted by Crippen LogP contribution is 2.23. The van der Waals surface area contributed by atoms with Gasteiger partial charge >= 0.3 is 0 Å². The number of carbonyl (C=O) groups excluding carboxylic acids is 1. The molecule has 24 heavy (non-hydrogen) atoms. The lowest BCUT2D eigenvalue weighted by molar-refractivity contribution is -0.115. The van der Waals surface area contributed by atoms with Crippen LogP contribution < -0.4 is 10.1 Å². The van der Waals surface area contributed by atoms with E-state index < -0.39 is 21.0 Å².